The Morgan fingerprint density at radius 2 is 1.37 bits per heavy atom. The van der Waals surface area contributed by atoms with Crippen LogP contribution in [0.15, 0.2) is 60.7 Å². The van der Waals surface area contributed by atoms with Gasteiger partial charge in [0.2, 0.25) is 0 Å². The first kappa shape index (κ1) is 25.5. The normalized spacial score (nSPS) is 12.4. The van der Waals surface area contributed by atoms with Crippen molar-refractivity contribution in [3.8, 4) is 0 Å². The average molecular weight is 415 g/mol. The number of carboxylic acid groups (broad SMARTS) is 1. The molecule has 5 nitrogen and oxygen atoms in total. The van der Waals surface area contributed by atoms with Gasteiger partial charge in [-0.3, -0.25) is 9.59 Å². The smallest absolute Gasteiger partial charge is 0.303 e. The molecule has 2 aromatic carbocycles. The molecule has 0 radical (unpaired) electrons. The number of aliphatic hydroxyl groups is 1. The third-order valence-electron chi connectivity index (χ3n) is 4.65. The summed E-state index contributed by atoms with van der Waals surface area (Å²) in [5.74, 6) is -1.54. The molecule has 2 rings (SSSR count). The second kappa shape index (κ2) is 14.5. The monoisotopic (exact) mass is 414 g/mol. The van der Waals surface area contributed by atoms with E-state index in [-0.39, 0.29) is 12.8 Å². The maximum atomic E-state index is 12.6. The molecule has 2 aromatic rings. The van der Waals surface area contributed by atoms with Gasteiger partial charge in [0.05, 0.1) is 0 Å². The van der Waals surface area contributed by atoms with Crippen LogP contribution >= 0.6 is 0 Å². The number of hydrogen-bond acceptors (Lipinski definition) is 4. The molecular weight excluding hydrogens is 380 g/mol. The van der Waals surface area contributed by atoms with Crippen molar-refractivity contribution in [2.24, 2.45) is 0 Å². The number of ketones is 1. The Hall–Kier alpha value is -2.50. The summed E-state index contributed by atoms with van der Waals surface area (Å²) in [7, 11) is 0. The van der Waals surface area contributed by atoms with Crippen LogP contribution in [-0.4, -0.2) is 35.2 Å². The lowest BCUT2D eigenvalue weighted by molar-refractivity contribution is -0.138. The van der Waals surface area contributed by atoms with E-state index in [2.05, 4.69) is 13.8 Å². The summed E-state index contributed by atoms with van der Waals surface area (Å²) in [5.41, 5.74) is -1.07. The first-order valence-corrected chi connectivity index (χ1v) is 10.6. The quantitative estimate of drug-likeness (QED) is 0.367. The summed E-state index contributed by atoms with van der Waals surface area (Å²) < 4.78 is 5.31. The number of rotatable bonds is 12. The van der Waals surface area contributed by atoms with E-state index >= 15 is 0 Å². The van der Waals surface area contributed by atoms with Crippen LogP contribution in [0.3, 0.4) is 0 Å². The van der Waals surface area contributed by atoms with Crippen LogP contribution in [0.2, 0.25) is 0 Å². The minimum Gasteiger partial charge on any atom is -0.481 e. The molecular formula is C25H34O5. The Balaban J connectivity index is 0.000000424. The van der Waals surface area contributed by atoms with Gasteiger partial charge in [0, 0.05) is 25.2 Å². The molecule has 0 bridgehead atoms. The maximum absolute atomic E-state index is 12.6. The van der Waals surface area contributed by atoms with Crippen molar-refractivity contribution in [2.75, 3.05) is 13.2 Å². The fraction of sp³-hybridized carbons (Fsp3) is 0.440. The first-order chi connectivity index (χ1) is 14.5. The predicted octanol–water partition coefficient (Wildman–Crippen LogP) is 5.23. The maximum Gasteiger partial charge on any atom is 0.303 e. The van der Waals surface area contributed by atoms with Crippen LogP contribution in [0.4, 0.5) is 0 Å². The molecule has 2 N–H and O–H groups in total. The van der Waals surface area contributed by atoms with E-state index in [1.807, 2.05) is 0 Å². The number of hydrogen-bond donors (Lipinski definition) is 2. The van der Waals surface area contributed by atoms with Crippen LogP contribution in [0.1, 0.15) is 68.3 Å². The number of Topliss-reactive ketones (excluding diaryl/α,β-unsaturated/α-hetero) is 1. The molecule has 0 amide bonds. The van der Waals surface area contributed by atoms with Gasteiger partial charge in [0.1, 0.15) is 0 Å². The third kappa shape index (κ3) is 8.89. The molecule has 5 heteroatoms. The molecule has 30 heavy (non-hydrogen) atoms. The zero-order valence-electron chi connectivity index (χ0n) is 18.0. The molecule has 164 valence electrons. The topological polar surface area (TPSA) is 83.8 Å². The van der Waals surface area contributed by atoms with Gasteiger partial charge < -0.3 is 14.9 Å². The van der Waals surface area contributed by atoms with Gasteiger partial charge in [0.25, 0.3) is 0 Å². The molecule has 0 aliphatic heterocycles. The lowest BCUT2D eigenvalue weighted by atomic mass is 9.82. The zero-order chi connectivity index (χ0) is 22.2. The number of ether oxygens (including phenoxy) is 1. The van der Waals surface area contributed by atoms with Crippen LogP contribution < -0.4 is 0 Å². The van der Waals surface area contributed by atoms with Crippen molar-refractivity contribution in [3.05, 3.63) is 71.8 Å². The fourth-order valence-corrected chi connectivity index (χ4v) is 2.81. The minimum absolute atomic E-state index is 0.167. The van der Waals surface area contributed by atoms with E-state index in [0.717, 1.165) is 13.2 Å². The van der Waals surface area contributed by atoms with Crippen LogP contribution in [0.5, 0.6) is 0 Å². The van der Waals surface area contributed by atoms with Crippen molar-refractivity contribution in [1.29, 1.82) is 0 Å². The van der Waals surface area contributed by atoms with Crippen molar-refractivity contribution >= 4 is 11.8 Å². The Kier molecular flexibility index (Phi) is 12.3. The van der Waals surface area contributed by atoms with Gasteiger partial charge in [-0.2, -0.15) is 0 Å². The highest BCUT2D eigenvalue weighted by Crippen LogP contribution is 2.30. The highest BCUT2D eigenvalue weighted by molar-refractivity contribution is 6.03. The van der Waals surface area contributed by atoms with Gasteiger partial charge in [-0.1, -0.05) is 87.4 Å². The van der Waals surface area contributed by atoms with Crippen LogP contribution in [0, 0.1) is 0 Å². The molecule has 0 aliphatic rings. The predicted molar refractivity (Wildman–Crippen MR) is 119 cm³/mol. The van der Waals surface area contributed by atoms with Crippen LogP contribution in [-0.2, 0) is 15.1 Å². The Morgan fingerprint density at radius 3 is 1.83 bits per heavy atom. The number of carbonyl (C=O) groups excluding carboxylic acids is 1. The van der Waals surface area contributed by atoms with Crippen molar-refractivity contribution in [3.63, 3.8) is 0 Å². The minimum atomic E-state index is -1.83. The lowest BCUT2D eigenvalue weighted by Gasteiger charge is -2.27. The lowest BCUT2D eigenvalue weighted by Crippen LogP contribution is -2.36. The Bertz CT molecular complexity index is 724. The Labute approximate surface area is 179 Å². The summed E-state index contributed by atoms with van der Waals surface area (Å²) in [6.07, 6.45) is 4.45. The summed E-state index contributed by atoms with van der Waals surface area (Å²) in [4.78, 5) is 23.5. The Morgan fingerprint density at radius 1 is 0.867 bits per heavy atom. The average Bonchev–Trinajstić information content (AvgIpc) is 2.78. The molecule has 1 atom stereocenters. The molecule has 0 saturated heterocycles. The van der Waals surface area contributed by atoms with Gasteiger partial charge in [-0.15, -0.1) is 0 Å². The highest BCUT2D eigenvalue weighted by atomic mass is 16.5. The molecule has 1 unspecified atom stereocenters. The van der Waals surface area contributed by atoms with E-state index in [1.165, 1.54) is 25.7 Å². The van der Waals surface area contributed by atoms with Gasteiger partial charge in [-0.05, 0) is 24.8 Å². The second-order valence-corrected chi connectivity index (χ2v) is 7.13. The summed E-state index contributed by atoms with van der Waals surface area (Å²) in [6, 6.07) is 16.8. The number of carbonyl (C=O) groups is 2. The van der Waals surface area contributed by atoms with Crippen LogP contribution in [0.25, 0.3) is 0 Å². The highest BCUT2D eigenvalue weighted by Gasteiger charge is 2.38. The summed E-state index contributed by atoms with van der Waals surface area (Å²) in [5, 5.41) is 19.7. The first-order valence-electron chi connectivity index (χ1n) is 10.6. The fourth-order valence-electron chi connectivity index (χ4n) is 2.81. The summed E-state index contributed by atoms with van der Waals surface area (Å²) >= 11 is 0. The van der Waals surface area contributed by atoms with E-state index < -0.39 is 17.4 Å². The van der Waals surface area contributed by atoms with E-state index in [4.69, 9.17) is 9.84 Å². The van der Waals surface area contributed by atoms with Crippen molar-refractivity contribution in [1.82, 2.24) is 0 Å². The molecule has 0 saturated carbocycles. The molecule has 0 aliphatic carbocycles. The molecule has 0 aromatic heterocycles. The van der Waals surface area contributed by atoms with E-state index in [1.54, 1.807) is 60.7 Å². The second-order valence-electron chi connectivity index (χ2n) is 7.13. The number of carboxylic acids is 1. The molecule has 0 fully saturated rings. The van der Waals surface area contributed by atoms with Gasteiger partial charge in [-0.25, -0.2) is 0 Å². The number of unbranched alkanes of at least 4 members (excludes halogenated alkanes) is 2. The molecule has 0 spiro atoms. The summed E-state index contributed by atoms with van der Waals surface area (Å²) in [6.45, 7) is 6.28. The molecule has 0 heterocycles. The van der Waals surface area contributed by atoms with Crippen molar-refractivity contribution in [2.45, 2.75) is 58.0 Å². The number of aliphatic carboxylic acids is 1. The van der Waals surface area contributed by atoms with Crippen molar-refractivity contribution < 1.29 is 24.5 Å². The SMILES string of the molecule is CCCCOCCCC.O=C(O)CCC(O)(C(=O)c1ccccc1)c1ccccc1. The standard InChI is InChI=1S/C17H16O4.C8H18O/c18-15(19)11-12-17(21,14-9-5-2-6-10-14)16(20)13-7-3-1-4-8-13;1-3-5-7-9-8-6-4-2/h1-10,21H,11-12H2,(H,18,19);3-8H2,1-2H3. The van der Waals surface area contributed by atoms with E-state index in [9.17, 15) is 14.7 Å². The third-order valence-corrected chi connectivity index (χ3v) is 4.65. The van der Waals surface area contributed by atoms with Gasteiger partial charge in [0.15, 0.2) is 11.4 Å². The number of benzene rings is 2. The van der Waals surface area contributed by atoms with E-state index in [0.29, 0.717) is 11.1 Å². The van der Waals surface area contributed by atoms with Gasteiger partial charge >= 0.3 is 5.97 Å². The zero-order valence-corrected chi connectivity index (χ0v) is 18.0. The largest absolute Gasteiger partial charge is 0.481 e.